The van der Waals surface area contributed by atoms with Crippen molar-refractivity contribution in [3.63, 3.8) is 0 Å². The molecule has 5 nitrogen and oxygen atoms in total. The van der Waals surface area contributed by atoms with Crippen molar-refractivity contribution in [2.45, 2.75) is 38.3 Å². The van der Waals surface area contributed by atoms with Crippen LogP contribution in [0.25, 0.3) is 0 Å². The molecule has 0 saturated heterocycles. The first-order valence-electron chi connectivity index (χ1n) is 10.7. The van der Waals surface area contributed by atoms with Crippen LogP contribution >= 0.6 is 11.3 Å². The molecular weight excluding hydrogens is 394 g/mol. The van der Waals surface area contributed by atoms with Crippen LogP contribution < -0.4 is 14.8 Å². The van der Waals surface area contributed by atoms with Gasteiger partial charge in [-0.15, -0.1) is 11.3 Å². The number of nitrogens with zero attached hydrogens (tertiary/aromatic N) is 2. The summed E-state index contributed by atoms with van der Waals surface area (Å²) in [6.07, 6.45) is 4.23. The second-order valence-corrected chi connectivity index (χ2v) is 8.94. The predicted molar refractivity (Wildman–Crippen MR) is 120 cm³/mol. The monoisotopic (exact) mass is 421 g/mol. The summed E-state index contributed by atoms with van der Waals surface area (Å²) >= 11 is 1.76. The van der Waals surface area contributed by atoms with E-state index in [1.165, 1.54) is 16.0 Å². The fraction of sp³-hybridized carbons (Fsp3) is 0.375. The van der Waals surface area contributed by atoms with Gasteiger partial charge in [-0.1, -0.05) is 50.2 Å². The van der Waals surface area contributed by atoms with E-state index in [1.54, 1.807) is 11.3 Å². The van der Waals surface area contributed by atoms with Crippen LogP contribution in [-0.2, 0) is 5.54 Å². The summed E-state index contributed by atoms with van der Waals surface area (Å²) in [5, 5.41) is 4.71. The summed E-state index contributed by atoms with van der Waals surface area (Å²) in [7, 11) is 0. The van der Waals surface area contributed by atoms with Crippen molar-refractivity contribution >= 4 is 16.5 Å². The zero-order valence-electron chi connectivity index (χ0n) is 17.4. The minimum atomic E-state index is -0.0481. The maximum Gasteiger partial charge on any atom is 0.231 e. The number of nitrogens with one attached hydrogen (secondary N) is 1. The Morgan fingerprint density at radius 2 is 1.83 bits per heavy atom. The molecule has 1 unspecified atom stereocenters. The lowest BCUT2D eigenvalue weighted by atomic mass is 10.0. The number of aromatic nitrogens is 1. The first kappa shape index (κ1) is 19.4. The van der Waals surface area contributed by atoms with Crippen molar-refractivity contribution in [2.24, 2.45) is 0 Å². The van der Waals surface area contributed by atoms with Crippen molar-refractivity contribution in [3.05, 3.63) is 70.7 Å². The third kappa shape index (κ3) is 3.55. The minimum Gasteiger partial charge on any atom is -0.454 e. The second kappa shape index (κ2) is 7.93. The van der Waals surface area contributed by atoms with Gasteiger partial charge in [0.15, 0.2) is 16.6 Å². The number of ether oxygens (including phenoxy) is 2. The van der Waals surface area contributed by atoms with Crippen molar-refractivity contribution in [1.29, 1.82) is 0 Å². The third-order valence-corrected chi connectivity index (χ3v) is 7.07. The molecule has 0 bridgehead atoms. The summed E-state index contributed by atoms with van der Waals surface area (Å²) in [5.74, 6) is 1.67. The van der Waals surface area contributed by atoms with Crippen LogP contribution in [0.5, 0.6) is 11.5 Å². The molecule has 3 aromatic rings. The van der Waals surface area contributed by atoms with E-state index in [0.29, 0.717) is 6.79 Å². The number of hydrogen-bond acceptors (Lipinski definition) is 6. The van der Waals surface area contributed by atoms with Gasteiger partial charge in [-0.3, -0.25) is 4.90 Å². The van der Waals surface area contributed by atoms with Crippen LogP contribution in [0.2, 0.25) is 0 Å². The van der Waals surface area contributed by atoms with Crippen molar-refractivity contribution in [3.8, 4) is 11.5 Å². The maximum absolute atomic E-state index is 5.58. The molecule has 1 saturated carbocycles. The number of thiazole rings is 1. The van der Waals surface area contributed by atoms with E-state index in [2.05, 4.69) is 66.5 Å². The van der Waals surface area contributed by atoms with Gasteiger partial charge in [-0.25, -0.2) is 4.98 Å². The molecule has 2 aromatic carbocycles. The lowest BCUT2D eigenvalue weighted by Crippen LogP contribution is -2.28. The topological polar surface area (TPSA) is 46.6 Å². The van der Waals surface area contributed by atoms with Gasteiger partial charge < -0.3 is 14.8 Å². The standard InChI is InChI=1S/C24H27N3O2S/c1-3-27(4-2)22(17-8-6-5-7-9-17)21-15-25-23(30-21)26-24(12-13-24)18-10-11-19-20(14-18)29-16-28-19/h5-11,14-15,22H,3-4,12-13,16H2,1-2H3,(H,25,26). The van der Waals surface area contributed by atoms with Gasteiger partial charge in [0.25, 0.3) is 0 Å². The maximum atomic E-state index is 5.58. The van der Waals surface area contributed by atoms with Crippen molar-refractivity contribution in [1.82, 2.24) is 9.88 Å². The van der Waals surface area contributed by atoms with Gasteiger partial charge in [0, 0.05) is 11.1 Å². The van der Waals surface area contributed by atoms with Gasteiger partial charge in [0.1, 0.15) is 0 Å². The van der Waals surface area contributed by atoms with E-state index in [4.69, 9.17) is 14.5 Å². The summed E-state index contributed by atoms with van der Waals surface area (Å²) in [6, 6.07) is 17.2. The number of benzene rings is 2. The van der Waals surface area contributed by atoms with E-state index in [9.17, 15) is 0 Å². The fourth-order valence-corrected chi connectivity index (χ4v) is 5.34. The molecule has 1 aliphatic heterocycles. The number of rotatable bonds is 8. The molecule has 1 aliphatic carbocycles. The molecule has 5 rings (SSSR count). The van der Waals surface area contributed by atoms with E-state index in [-0.39, 0.29) is 11.6 Å². The molecule has 2 heterocycles. The molecule has 6 heteroatoms. The molecule has 0 amide bonds. The summed E-state index contributed by atoms with van der Waals surface area (Å²) in [4.78, 5) is 8.52. The molecule has 156 valence electrons. The highest BCUT2D eigenvalue weighted by Crippen LogP contribution is 2.51. The lowest BCUT2D eigenvalue weighted by Gasteiger charge is -2.29. The zero-order valence-corrected chi connectivity index (χ0v) is 18.2. The smallest absolute Gasteiger partial charge is 0.231 e. The Labute approximate surface area is 181 Å². The van der Waals surface area contributed by atoms with Crippen LogP contribution in [-0.4, -0.2) is 29.8 Å². The van der Waals surface area contributed by atoms with Crippen LogP contribution in [0.1, 0.15) is 48.7 Å². The highest BCUT2D eigenvalue weighted by molar-refractivity contribution is 7.15. The van der Waals surface area contributed by atoms with Crippen molar-refractivity contribution in [2.75, 3.05) is 25.2 Å². The van der Waals surface area contributed by atoms with Crippen molar-refractivity contribution < 1.29 is 9.47 Å². The molecule has 1 fully saturated rings. The number of anilines is 1. The largest absolute Gasteiger partial charge is 0.454 e. The van der Waals surface area contributed by atoms with E-state index in [0.717, 1.165) is 42.6 Å². The van der Waals surface area contributed by atoms with Crippen LogP contribution in [0.4, 0.5) is 5.13 Å². The highest BCUT2D eigenvalue weighted by Gasteiger charge is 2.45. The summed E-state index contributed by atoms with van der Waals surface area (Å²) in [5.41, 5.74) is 2.51. The summed E-state index contributed by atoms with van der Waals surface area (Å²) in [6.45, 7) is 6.74. The highest BCUT2D eigenvalue weighted by atomic mass is 32.1. The Hall–Kier alpha value is -2.57. The Morgan fingerprint density at radius 1 is 1.07 bits per heavy atom. The lowest BCUT2D eigenvalue weighted by molar-refractivity contribution is 0.174. The van der Waals surface area contributed by atoms with Gasteiger partial charge in [-0.2, -0.15) is 0 Å². The minimum absolute atomic E-state index is 0.0481. The van der Waals surface area contributed by atoms with Gasteiger partial charge >= 0.3 is 0 Å². The first-order chi connectivity index (χ1) is 14.7. The van der Waals surface area contributed by atoms with E-state index in [1.807, 2.05) is 12.3 Å². The van der Waals surface area contributed by atoms with E-state index >= 15 is 0 Å². The SMILES string of the molecule is CCN(CC)C(c1ccccc1)c1cnc(NC2(c3ccc4c(c3)OCO4)CC2)s1. The third-order valence-electron chi connectivity index (χ3n) is 6.11. The Bertz CT molecular complexity index is 1010. The zero-order chi connectivity index (χ0) is 20.6. The second-order valence-electron chi connectivity index (χ2n) is 7.88. The molecule has 30 heavy (non-hydrogen) atoms. The van der Waals surface area contributed by atoms with Gasteiger partial charge in [0.2, 0.25) is 6.79 Å². The number of fused-ring (bicyclic) bond motifs is 1. The molecule has 1 N–H and O–H groups in total. The Morgan fingerprint density at radius 3 is 2.57 bits per heavy atom. The molecule has 2 aliphatic rings. The van der Waals surface area contributed by atoms with Gasteiger partial charge in [-0.05, 0) is 49.2 Å². The van der Waals surface area contributed by atoms with Crippen LogP contribution in [0.15, 0.2) is 54.7 Å². The Balaban J connectivity index is 1.40. The summed E-state index contributed by atoms with van der Waals surface area (Å²) < 4.78 is 11.0. The quantitative estimate of drug-likeness (QED) is 0.527. The molecule has 0 radical (unpaired) electrons. The average molecular weight is 422 g/mol. The molecule has 1 atom stereocenters. The fourth-order valence-electron chi connectivity index (χ4n) is 4.26. The van der Waals surface area contributed by atoms with Crippen LogP contribution in [0, 0.1) is 0 Å². The number of hydrogen-bond donors (Lipinski definition) is 1. The molecule has 1 aromatic heterocycles. The Kier molecular flexibility index (Phi) is 5.13. The van der Waals surface area contributed by atoms with E-state index < -0.39 is 0 Å². The normalized spacial score (nSPS) is 17.2. The molecule has 0 spiro atoms. The predicted octanol–water partition coefficient (Wildman–Crippen LogP) is 5.40. The van der Waals surface area contributed by atoms with Gasteiger partial charge in [0.05, 0.1) is 11.6 Å². The first-order valence-corrected chi connectivity index (χ1v) is 11.5. The molecular formula is C24H27N3O2S. The van der Waals surface area contributed by atoms with Crippen LogP contribution in [0.3, 0.4) is 0 Å². The average Bonchev–Trinajstić information content (AvgIpc) is 3.19.